The molecule has 1 heterocycles. The highest BCUT2D eigenvalue weighted by Crippen LogP contribution is 2.14. The van der Waals surface area contributed by atoms with Gasteiger partial charge in [-0.15, -0.1) is 0 Å². The highest BCUT2D eigenvalue weighted by Gasteiger charge is 2.08. The number of rotatable bonds is 4. The van der Waals surface area contributed by atoms with Crippen LogP contribution >= 0.6 is 11.5 Å². The molecule has 1 aromatic heterocycles. The van der Waals surface area contributed by atoms with E-state index in [-0.39, 0.29) is 11.5 Å². The molecule has 1 N–H and O–H groups in total. The molecule has 0 radical (unpaired) electrons. The molecule has 0 saturated heterocycles. The molecule has 2 rings (SSSR count). The number of carbonyl (C=O) groups is 1. The van der Waals surface area contributed by atoms with E-state index in [1.165, 1.54) is 23.7 Å². The third-order valence-electron chi connectivity index (χ3n) is 2.35. The van der Waals surface area contributed by atoms with Gasteiger partial charge in [-0.3, -0.25) is 0 Å². The maximum Gasteiger partial charge on any atom is 0.355 e. The summed E-state index contributed by atoms with van der Waals surface area (Å²) in [7, 11) is 0. The van der Waals surface area contributed by atoms with Gasteiger partial charge in [-0.05, 0) is 48.1 Å². The lowest BCUT2D eigenvalue weighted by Gasteiger charge is -1.98. The van der Waals surface area contributed by atoms with Gasteiger partial charge in [0.15, 0.2) is 5.69 Å². The minimum atomic E-state index is -1.01. The van der Waals surface area contributed by atoms with Crippen LogP contribution in [0.4, 0.5) is 4.39 Å². The van der Waals surface area contributed by atoms with E-state index in [1.807, 2.05) is 0 Å². The number of hydrogen-bond acceptors (Lipinski definition) is 3. The first kappa shape index (κ1) is 11.7. The Hall–Kier alpha value is -1.75. The van der Waals surface area contributed by atoms with Gasteiger partial charge >= 0.3 is 5.97 Å². The minimum Gasteiger partial charge on any atom is -0.476 e. The summed E-state index contributed by atoms with van der Waals surface area (Å²) in [5.74, 6) is -1.26. The summed E-state index contributed by atoms with van der Waals surface area (Å²) in [5, 5.41) is 8.72. The van der Waals surface area contributed by atoms with Crippen LogP contribution in [0, 0.1) is 5.82 Å². The van der Waals surface area contributed by atoms with Gasteiger partial charge in [0.25, 0.3) is 0 Å². The SMILES string of the molecule is O=C(O)c1cc(CCc2ccc(F)cc2)sn1. The molecule has 5 heteroatoms. The molecule has 2 aromatic rings. The predicted molar refractivity (Wildman–Crippen MR) is 62.9 cm³/mol. The van der Waals surface area contributed by atoms with E-state index >= 15 is 0 Å². The lowest BCUT2D eigenvalue weighted by atomic mass is 10.1. The lowest BCUT2D eigenvalue weighted by Crippen LogP contribution is -1.95. The van der Waals surface area contributed by atoms with Crippen LogP contribution in [0.25, 0.3) is 0 Å². The second kappa shape index (κ2) is 5.05. The van der Waals surface area contributed by atoms with Crippen LogP contribution in [-0.4, -0.2) is 15.4 Å². The summed E-state index contributed by atoms with van der Waals surface area (Å²) < 4.78 is 16.5. The first-order valence-corrected chi connectivity index (χ1v) is 5.86. The largest absolute Gasteiger partial charge is 0.476 e. The molecule has 0 unspecified atom stereocenters. The minimum absolute atomic E-state index is 0.0871. The maximum absolute atomic E-state index is 12.7. The molecule has 3 nitrogen and oxygen atoms in total. The van der Waals surface area contributed by atoms with Crippen LogP contribution in [0.5, 0.6) is 0 Å². The van der Waals surface area contributed by atoms with Gasteiger partial charge in [0.05, 0.1) is 0 Å². The summed E-state index contributed by atoms with van der Waals surface area (Å²) in [6.07, 6.45) is 1.47. The summed E-state index contributed by atoms with van der Waals surface area (Å²) in [5.41, 5.74) is 1.11. The van der Waals surface area contributed by atoms with Crippen molar-refractivity contribution in [2.45, 2.75) is 12.8 Å². The second-order valence-corrected chi connectivity index (χ2v) is 4.50. The number of hydrogen-bond donors (Lipinski definition) is 1. The van der Waals surface area contributed by atoms with Crippen LogP contribution in [0.2, 0.25) is 0 Å². The van der Waals surface area contributed by atoms with Crippen molar-refractivity contribution in [2.75, 3.05) is 0 Å². The number of aromatic nitrogens is 1. The zero-order valence-electron chi connectivity index (χ0n) is 8.89. The summed E-state index contributed by atoms with van der Waals surface area (Å²) in [6, 6.07) is 7.88. The fraction of sp³-hybridized carbons (Fsp3) is 0.167. The fourth-order valence-corrected chi connectivity index (χ4v) is 2.15. The molecule has 17 heavy (non-hydrogen) atoms. The molecule has 0 bridgehead atoms. The molecule has 0 spiro atoms. The molecular formula is C12H10FNO2S. The average Bonchev–Trinajstić information content (AvgIpc) is 2.77. The molecule has 0 aliphatic heterocycles. The Morgan fingerprint density at radius 2 is 2.00 bits per heavy atom. The Morgan fingerprint density at radius 1 is 1.29 bits per heavy atom. The monoisotopic (exact) mass is 251 g/mol. The van der Waals surface area contributed by atoms with Crippen molar-refractivity contribution in [3.8, 4) is 0 Å². The van der Waals surface area contributed by atoms with Gasteiger partial charge in [0, 0.05) is 4.88 Å². The second-order valence-electron chi connectivity index (χ2n) is 3.61. The van der Waals surface area contributed by atoms with Gasteiger partial charge in [-0.25, -0.2) is 9.18 Å². The van der Waals surface area contributed by atoms with E-state index in [0.29, 0.717) is 0 Å². The Labute approximate surface area is 102 Å². The van der Waals surface area contributed by atoms with Gasteiger partial charge in [-0.1, -0.05) is 12.1 Å². The third kappa shape index (κ3) is 3.10. The van der Waals surface area contributed by atoms with Gasteiger partial charge in [0.2, 0.25) is 0 Å². The summed E-state index contributed by atoms with van der Waals surface area (Å²) in [4.78, 5) is 11.6. The smallest absolute Gasteiger partial charge is 0.355 e. The highest BCUT2D eigenvalue weighted by molar-refractivity contribution is 7.05. The Bertz CT molecular complexity index is 522. The van der Waals surface area contributed by atoms with E-state index in [4.69, 9.17) is 5.11 Å². The Balaban J connectivity index is 1.97. The van der Waals surface area contributed by atoms with E-state index < -0.39 is 5.97 Å². The summed E-state index contributed by atoms with van der Waals surface area (Å²) >= 11 is 1.20. The van der Waals surface area contributed by atoms with E-state index in [2.05, 4.69) is 4.37 Å². The van der Waals surface area contributed by atoms with Crippen LogP contribution in [0.15, 0.2) is 30.3 Å². The fourth-order valence-electron chi connectivity index (χ4n) is 1.45. The number of aromatic carboxylic acids is 1. The molecule has 0 saturated carbocycles. The maximum atomic E-state index is 12.7. The quantitative estimate of drug-likeness (QED) is 0.909. The van der Waals surface area contributed by atoms with Crippen molar-refractivity contribution in [2.24, 2.45) is 0 Å². The zero-order valence-corrected chi connectivity index (χ0v) is 9.71. The van der Waals surface area contributed by atoms with Crippen molar-refractivity contribution in [1.82, 2.24) is 4.37 Å². The van der Waals surface area contributed by atoms with E-state index in [9.17, 15) is 9.18 Å². The first-order chi connectivity index (χ1) is 8.15. The van der Waals surface area contributed by atoms with Crippen molar-refractivity contribution in [3.05, 3.63) is 52.3 Å². The first-order valence-electron chi connectivity index (χ1n) is 5.08. The third-order valence-corrected chi connectivity index (χ3v) is 3.20. The molecule has 0 aliphatic carbocycles. The van der Waals surface area contributed by atoms with Crippen LogP contribution < -0.4 is 0 Å². The van der Waals surface area contributed by atoms with Crippen molar-refractivity contribution in [3.63, 3.8) is 0 Å². The lowest BCUT2D eigenvalue weighted by molar-refractivity contribution is 0.0692. The van der Waals surface area contributed by atoms with Crippen LogP contribution in [0.1, 0.15) is 20.9 Å². The number of carboxylic acids is 1. The highest BCUT2D eigenvalue weighted by atomic mass is 32.1. The molecule has 88 valence electrons. The molecule has 0 amide bonds. The Kier molecular flexibility index (Phi) is 3.49. The molecule has 0 fully saturated rings. The molecule has 1 aromatic carbocycles. The molecular weight excluding hydrogens is 241 g/mol. The predicted octanol–water partition coefficient (Wildman–Crippen LogP) is 2.77. The van der Waals surface area contributed by atoms with Gasteiger partial charge in [0.1, 0.15) is 5.82 Å². The standard InChI is InChI=1S/C12H10FNO2S/c13-9-4-1-8(2-5-9)3-6-10-7-11(12(15)16)14-17-10/h1-2,4-5,7H,3,6H2,(H,15,16). The van der Waals surface area contributed by atoms with E-state index in [1.54, 1.807) is 18.2 Å². The van der Waals surface area contributed by atoms with Crippen molar-refractivity contribution >= 4 is 17.5 Å². The van der Waals surface area contributed by atoms with Gasteiger partial charge in [-0.2, -0.15) is 4.37 Å². The van der Waals surface area contributed by atoms with Crippen LogP contribution in [-0.2, 0) is 12.8 Å². The van der Waals surface area contributed by atoms with Crippen molar-refractivity contribution < 1.29 is 14.3 Å². The van der Waals surface area contributed by atoms with Gasteiger partial charge < -0.3 is 5.11 Å². The number of nitrogens with zero attached hydrogens (tertiary/aromatic N) is 1. The molecule has 0 aliphatic rings. The summed E-state index contributed by atoms with van der Waals surface area (Å²) in [6.45, 7) is 0. The van der Waals surface area contributed by atoms with Crippen molar-refractivity contribution in [1.29, 1.82) is 0 Å². The van der Waals surface area contributed by atoms with E-state index in [0.717, 1.165) is 23.3 Å². The zero-order chi connectivity index (χ0) is 12.3. The number of carboxylic acid groups (broad SMARTS) is 1. The number of benzene rings is 1. The topological polar surface area (TPSA) is 50.2 Å². The average molecular weight is 251 g/mol. The van der Waals surface area contributed by atoms with Crippen LogP contribution in [0.3, 0.4) is 0 Å². The molecule has 0 atom stereocenters. The normalized spacial score (nSPS) is 10.4. The Morgan fingerprint density at radius 3 is 2.59 bits per heavy atom. The number of aryl methyl sites for hydroxylation is 2. The number of halogens is 1.